The molecule has 2 N–H and O–H groups in total. The number of rotatable bonds is 6. The van der Waals surface area contributed by atoms with Gasteiger partial charge in [-0.25, -0.2) is 4.79 Å². The largest absolute Gasteiger partial charge is 0.481 e. The van der Waals surface area contributed by atoms with E-state index in [2.05, 4.69) is 5.32 Å². The lowest BCUT2D eigenvalue weighted by Crippen LogP contribution is -2.46. The highest BCUT2D eigenvalue weighted by molar-refractivity contribution is 5.78. The molecule has 1 aliphatic carbocycles. The first kappa shape index (κ1) is 15.8. The average molecular weight is 271 g/mol. The summed E-state index contributed by atoms with van der Waals surface area (Å²) in [5.74, 6) is -0.791. The second-order valence-electron chi connectivity index (χ2n) is 5.68. The van der Waals surface area contributed by atoms with Crippen LogP contribution in [0, 0.1) is 5.41 Å². The van der Waals surface area contributed by atoms with Crippen LogP contribution in [0.4, 0.5) is 4.79 Å². The van der Waals surface area contributed by atoms with E-state index in [9.17, 15) is 14.7 Å². The van der Waals surface area contributed by atoms with E-state index < -0.39 is 11.4 Å². The molecule has 0 aromatic carbocycles. The Balaban J connectivity index is 2.42. The van der Waals surface area contributed by atoms with Crippen molar-refractivity contribution in [2.45, 2.75) is 25.7 Å². The molecule has 1 fully saturated rings. The highest BCUT2D eigenvalue weighted by atomic mass is 16.4. The van der Waals surface area contributed by atoms with Gasteiger partial charge in [0.15, 0.2) is 0 Å². The molecule has 0 aromatic heterocycles. The number of hydrogen-bond acceptors (Lipinski definition) is 3. The number of carboxylic acid groups (broad SMARTS) is 1. The monoisotopic (exact) mass is 271 g/mol. The second kappa shape index (κ2) is 6.75. The molecule has 1 saturated carbocycles. The predicted molar refractivity (Wildman–Crippen MR) is 73.1 cm³/mol. The van der Waals surface area contributed by atoms with Crippen LogP contribution in [0.5, 0.6) is 0 Å². The van der Waals surface area contributed by atoms with Crippen LogP contribution < -0.4 is 5.32 Å². The van der Waals surface area contributed by atoms with Crippen LogP contribution in [0.1, 0.15) is 25.7 Å². The van der Waals surface area contributed by atoms with Gasteiger partial charge in [0.25, 0.3) is 0 Å². The zero-order valence-corrected chi connectivity index (χ0v) is 12.1. The molecule has 0 unspecified atom stereocenters. The Morgan fingerprint density at radius 3 is 2.21 bits per heavy atom. The minimum Gasteiger partial charge on any atom is -0.481 e. The third kappa shape index (κ3) is 4.38. The van der Waals surface area contributed by atoms with Crippen molar-refractivity contribution < 1.29 is 14.7 Å². The fourth-order valence-electron chi connectivity index (χ4n) is 2.35. The number of nitrogens with zero attached hydrogens (tertiary/aromatic N) is 2. The maximum absolute atomic E-state index is 11.9. The second-order valence-corrected chi connectivity index (χ2v) is 5.68. The van der Waals surface area contributed by atoms with E-state index in [-0.39, 0.29) is 12.6 Å². The van der Waals surface area contributed by atoms with E-state index >= 15 is 0 Å². The van der Waals surface area contributed by atoms with Crippen LogP contribution in [-0.4, -0.2) is 67.7 Å². The van der Waals surface area contributed by atoms with Crippen LogP contribution in [0.3, 0.4) is 0 Å². The van der Waals surface area contributed by atoms with Crippen molar-refractivity contribution in [1.29, 1.82) is 0 Å². The lowest BCUT2D eigenvalue weighted by atomic mass is 9.86. The summed E-state index contributed by atoms with van der Waals surface area (Å²) in [5, 5.41) is 12.1. The summed E-state index contributed by atoms with van der Waals surface area (Å²) in [6.07, 6.45) is 3.17. The van der Waals surface area contributed by atoms with Gasteiger partial charge in [0.05, 0.1) is 5.41 Å². The predicted octanol–water partition coefficient (Wildman–Crippen LogP) is 0.834. The quantitative estimate of drug-likeness (QED) is 0.750. The van der Waals surface area contributed by atoms with Crippen LogP contribution in [0.15, 0.2) is 0 Å². The van der Waals surface area contributed by atoms with Crippen LogP contribution >= 0.6 is 0 Å². The van der Waals surface area contributed by atoms with Crippen molar-refractivity contribution in [3.05, 3.63) is 0 Å². The van der Waals surface area contributed by atoms with Gasteiger partial charge in [0, 0.05) is 26.7 Å². The van der Waals surface area contributed by atoms with Gasteiger partial charge in [-0.05, 0) is 26.9 Å². The Bertz CT molecular complexity index is 325. The SMILES string of the molecule is CN(C)CCN(C)C(=O)NCC1(C(=O)O)CCCC1. The Morgan fingerprint density at radius 2 is 1.74 bits per heavy atom. The van der Waals surface area contributed by atoms with Crippen LogP contribution in [-0.2, 0) is 4.79 Å². The molecule has 0 aromatic rings. The fraction of sp³-hybridized carbons (Fsp3) is 0.846. The normalized spacial score (nSPS) is 17.5. The van der Waals surface area contributed by atoms with E-state index in [4.69, 9.17) is 0 Å². The number of carbonyl (C=O) groups is 2. The number of nitrogens with one attached hydrogen (secondary N) is 1. The number of urea groups is 1. The summed E-state index contributed by atoms with van der Waals surface area (Å²) in [6, 6.07) is -0.200. The first-order chi connectivity index (χ1) is 8.87. The summed E-state index contributed by atoms with van der Waals surface area (Å²) in [4.78, 5) is 26.8. The first-order valence-electron chi connectivity index (χ1n) is 6.74. The highest BCUT2D eigenvalue weighted by Gasteiger charge is 2.41. The third-order valence-electron chi connectivity index (χ3n) is 3.82. The van der Waals surface area contributed by atoms with Gasteiger partial charge in [-0.15, -0.1) is 0 Å². The molecule has 0 bridgehead atoms. The molecule has 110 valence electrons. The van der Waals surface area contributed by atoms with Crippen LogP contribution in [0.2, 0.25) is 0 Å². The summed E-state index contributed by atoms with van der Waals surface area (Å²) < 4.78 is 0. The number of likely N-dealkylation sites (N-methyl/N-ethyl adjacent to an activating group) is 2. The zero-order valence-electron chi connectivity index (χ0n) is 12.1. The third-order valence-corrected chi connectivity index (χ3v) is 3.82. The Labute approximate surface area is 114 Å². The van der Waals surface area contributed by atoms with Gasteiger partial charge in [-0.1, -0.05) is 12.8 Å². The summed E-state index contributed by atoms with van der Waals surface area (Å²) in [5.41, 5.74) is -0.752. The minimum absolute atomic E-state index is 0.200. The van der Waals surface area contributed by atoms with Crippen molar-refractivity contribution in [2.24, 2.45) is 5.41 Å². The van der Waals surface area contributed by atoms with Crippen molar-refractivity contribution in [3.63, 3.8) is 0 Å². The summed E-state index contributed by atoms with van der Waals surface area (Å²) >= 11 is 0. The molecule has 0 radical (unpaired) electrons. The molecule has 1 aliphatic rings. The van der Waals surface area contributed by atoms with Crippen molar-refractivity contribution in [2.75, 3.05) is 40.8 Å². The topological polar surface area (TPSA) is 72.9 Å². The maximum Gasteiger partial charge on any atom is 0.317 e. The van der Waals surface area contributed by atoms with Gasteiger partial charge >= 0.3 is 12.0 Å². The molecule has 6 heteroatoms. The molecule has 0 aliphatic heterocycles. The standard InChI is InChI=1S/C13H25N3O3/c1-15(2)8-9-16(3)12(19)14-10-13(11(17)18)6-4-5-7-13/h4-10H2,1-3H3,(H,14,19)(H,17,18). The number of aliphatic carboxylic acids is 1. The molecule has 0 spiro atoms. The molecule has 6 nitrogen and oxygen atoms in total. The van der Waals surface area contributed by atoms with E-state index in [1.54, 1.807) is 11.9 Å². The van der Waals surface area contributed by atoms with E-state index in [0.717, 1.165) is 19.4 Å². The fourth-order valence-corrected chi connectivity index (χ4v) is 2.35. The molecule has 0 saturated heterocycles. The smallest absolute Gasteiger partial charge is 0.317 e. The van der Waals surface area contributed by atoms with Gasteiger partial charge in [0.2, 0.25) is 0 Å². The number of carbonyl (C=O) groups excluding carboxylic acids is 1. The average Bonchev–Trinajstić information content (AvgIpc) is 2.83. The summed E-state index contributed by atoms with van der Waals surface area (Å²) in [6.45, 7) is 1.64. The van der Waals surface area contributed by atoms with Gasteiger partial charge in [-0.2, -0.15) is 0 Å². The maximum atomic E-state index is 11.9. The molecule has 0 atom stereocenters. The lowest BCUT2D eigenvalue weighted by molar-refractivity contribution is -0.148. The number of carboxylic acids is 1. The summed E-state index contributed by atoms with van der Waals surface area (Å²) in [7, 11) is 5.62. The van der Waals surface area contributed by atoms with Gasteiger partial charge < -0.3 is 20.2 Å². The molecule has 1 rings (SSSR count). The van der Waals surface area contributed by atoms with Gasteiger partial charge in [0.1, 0.15) is 0 Å². The minimum atomic E-state index is -0.791. The number of hydrogen-bond donors (Lipinski definition) is 2. The molecule has 19 heavy (non-hydrogen) atoms. The first-order valence-corrected chi connectivity index (χ1v) is 6.74. The van der Waals surface area contributed by atoms with Crippen molar-refractivity contribution >= 4 is 12.0 Å². The van der Waals surface area contributed by atoms with Crippen molar-refractivity contribution in [3.8, 4) is 0 Å². The van der Waals surface area contributed by atoms with E-state index in [0.29, 0.717) is 19.4 Å². The van der Waals surface area contributed by atoms with Gasteiger partial charge in [-0.3, -0.25) is 4.79 Å². The highest BCUT2D eigenvalue weighted by Crippen LogP contribution is 2.37. The molecular formula is C13H25N3O3. The zero-order chi connectivity index (χ0) is 14.5. The van der Waals surface area contributed by atoms with Crippen molar-refractivity contribution in [1.82, 2.24) is 15.1 Å². The van der Waals surface area contributed by atoms with E-state index in [1.165, 1.54) is 0 Å². The van der Waals surface area contributed by atoms with E-state index in [1.807, 2.05) is 19.0 Å². The Kier molecular flexibility index (Phi) is 5.60. The lowest BCUT2D eigenvalue weighted by Gasteiger charge is -2.26. The van der Waals surface area contributed by atoms with Crippen LogP contribution in [0.25, 0.3) is 0 Å². The molecular weight excluding hydrogens is 246 g/mol. The number of amides is 2. The molecule has 2 amide bonds. The Hall–Kier alpha value is -1.30. The molecule has 0 heterocycles. The Morgan fingerprint density at radius 1 is 1.16 bits per heavy atom.